The van der Waals surface area contributed by atoms with E-state index in [1.54, 1.807) is 0 Å². The lowest BCUT2D eigenvalue weighted by Gasteiger charge is -2.29. The highest BCUT2D eigenvalue weighted by atomic mass is 19.4. The highest BCUT2D eigenvalue weighted by Crippen LogP contribution is 2.43. The van der Waals surface area contributed by atoms with E-state index < -0.39 is 17.5 Å². The van der Waals surface area contributed by atoms with E-state index in [0.29, 0.717) is 19.6 Å². The van der Waals surface area contributed by atoms with E-state index in [-0.39, 0.29) is 26.1 Å². The fourth-order valence-corrected chi connectivity index (χ4v) is 2.05. The molecule has 1 saturated heterocycles. The molecule has 1 atom stereocenters. The van der Waals surface area contributed by atoms with Crippen molar-refractivity contribution >= 4 is 5.91 Å². The second kappa shape index (κ2) is 7.09. The van der Waals surface area contributed by atoms with Crippen molar-refractivity contribution in [2.45, 2.75) is 32.4 Å². The van der Waals surface area contributed by atoms with Gasteiger partial charge in [0, 0.05) is 26.3 Å². The molecule has 0 aliphatic carbocycles. The molecule has 19 heavy (non-hydrogen) atoms. The molecule has 1 amide bonds. The molecule has 1 heterocycles. The number of hydrogen-bond acceptors (Lipinski definition) is 3. The van der Waals surface area contributed by atoms with Crippen molar-refractivity contribution in [2.75, 3.05) is 32.8 Å². The molecule has 0 spiro atoms. The van der Waals surface area contributed by atoms with Crippen LogP contribution in [-0.2, 0) is 9.53 Å². The molecule has 1 rings (SSSR count). The van der Waals surface area contributed by atoms with E-state index in [2.05, 4.69) is 10.6 Å². The molecule has 1 aliphatic rings. The number of alkyl halides is 3. The summed E-state index contributed by atoms with van der Waals surface area (Å²) in [5.74, 6) is -0.930. The van der Waals surface area contributed by atoms with Crippen molar-refractivity contribution in [2.24, 2.45) is 5.41 Å². The third-order valence-electron chi connectivity index (χ3n) is 3.23. The number of halogens is 3. The quantitative estimate of drug-likeness (QED) is 0.695. The molecule has 7 heteroatoms. The van der Waals surface area contributed by atoms with Crippen molar-refractivity contribution < 1.29 is 22.7 Å². The monoisotopic (exact) mass is 282 g/mol. The van der Waals surface area contributed by atoms with Crippen LogP contribution in [0.5, 0.6) is 0 Å². The van der Waals surface area contributed by atoms with Gasteiger partial charge in [-0.05, 0) is 25.8 Å². The van der Waals surface area contributed by atoms with Gasteiger partial charge in [-0.2, -0.15) is 13.2 Å². The van der Waals surface area contributed by atoms with Crippen LogP contribution in [0.25, 0.3) is 0 Å². The van der Waals surface area contributed by atoms with Gasteiger partial charge in [0.15, 0.2) is 5.41 Å². The summed E-state index contributed by atoms with van der Waals surface area (Å²) >= 11 is 0. The normalized spacial score (nSPS) is 23.6. The Morgan fingerprint density at radius 3 is 2.68 bits per heavy atom. The van der Waals surface area contributed by atoms with Crippen LogP contribution in [-0.4, -0.2) is 44.9 Å². The molecule has 0 aromatic heterocycles. The second-order valence-corrected chi connectivity index (χ2v) is 4.73. The third-order valence-corrected chi connectivity index (χ3v) is 3.23. The number of amides is 1. The van der Waals surface area contributed by atoms with Gasteiger partial charge in [-0.1, -0.05) is 6.92 Å². The maximum absolute atomic E-state index is 13.0. The Labute approximate surface area is 111 Å². The van der Waals surface area contributed by atoms with E-state index in [9.17, 15) is 18.0 Å². The van der Waals surface area contributed by atoms with Gasteiger partial charge in [-0.25, -0.2) is 0 Å². The summed E-state index contributed by atoms with van der Waals surface area (Å²) in [5.41, 5.74) is -2.27. The first-order valence-electron chi connectivity index (χ1n) is 6.57. The summed E-state index contributed by atoms with van der Waals surface area (Å²) in [7, 11) is 0. The maximum atomic E-state index is 13.0. The van der Waals surface area contributed by atoms with Crippen molar-refractivity contribution in [3.8, 4) is 0 Å². The topological polar surface area (TPSA) is 50.4 Å². The predicted molar refractivity (Wildman–Crippen MR) is 64.7 cm³/mol. The second-order valence-electron chi connectivity index (χ2n) is 4.73. The van der Waals surface area contributed by atoms with Crippen LogP contribution in [0.15, 0.2) is 0 Å². The lowest BCUT2D eigenvalue weighted by atomic mass is 9.85. The smallest absolute Gasteiger partial charge is 0.381 e. The average molecular weight is 282 g/mol. The number of hydrogen-bond donors (Lipinski definition) is 2. The van der Waals surface area contributed by atoms with Crippen LogP contribution >= 0.6 is 0 Å². The predicted octanol–water partition coefficient (Wildman–Crippen LogP) is 1.46. The molecule has 1 fully saturated rings. The lowest BCUT2D eigenvalue weighted by Crippen LogP contribution is -2.52. The van der Waals surface area contributed by atoms with Crippen molar-refractivity contribution in [3.63, 3.8) is 0 Å². The zero-order valence-electron chi connectivity index (χ0n) is 11.1. The highest BCUT2D eigenvalue weighted by Gasteiger charge is 2.61. The molecule has 0 aromatic rings. The Balaban J connectivity index is 2.38. The fraction of sp³-hybridized carbons (Fsp3) is 0.917. The molecule has 0 aromatic carbocycles. The number of nitrogens with one attached hydrogen (secondary N) is 2. The molecule has 0 bridgehead atoms. The fourth-order valence-electron chi connectivity index (χ4n) is 2.05. The van der Waals surface area contributed by atoms with Crippen LogP contribution in [0.2, 0.25) is 0 Å². The summed E-state index contributed by atoms with van der Waals surface area (Å²) in [6, 6.07) is 0. The molecular weight excluding hydrogens is 261 g/mol. The van der Waals surface area contributed by atoms with Crippen LogP contribution in [0.4, 0.5) is 13.2 Å². The Morgan fingerprint density at radius 1 is 1.42 bits per heavy atom. The first-order valence-corrected chi connectivity index (χ1v) is 6.57. The molecule has 0 radical (unpaired) electrons. The van der Waals surface area contributed by atoms with Gasteiger partial charge in [0.25, 0.3) is 0 Å². The average Bonchev–Trinajstić information content (AvgIpc) is 2.83. The van der Waals surface area contributed by atoms with E-state index in [0.717, 1.165) is 6.42 Å². The molecule has 112 valence electrons. The van der Waals surface area contributed by atoms with Gasteiger partial charge in [0.05, 0.1) is 0 Å². The molecule has 2 N–H and O–H groups in total. The lowest BCUT2D eigenvalue weighted by molar-refractivity contribution is -0.216. The van der Waals surface area contributed by atoms with Crippen molar-refractivity contribution in [1.29, 1.82) is 0 Å². The van der Waals surface area contributed by atoms with Gasteiger partial charge in [-0.15, -0.1) is 0 Å². The Morgan fingerprint density at radius 2 is 2.16 bits per heavy atom. The Hall–Kier alpha value is -0.820. The first-order chi connectivity index (χ1) is 8.94. The molecular formula is C12H21F3N2O2. The summed E-state index contributed by atoms with van der Waals surface area (Å²) in [4.78, 5) is 11.8. The largest absolute Gasteiger partial charge is 0.404 e. The van der Waals surface area contributed by atoms with E-state index >= 15 is 0 Å². The van der Waals surface area contributed by atoms with Gasteiger partial charge in [0.2, 0.25) is 5.91 Å². The summed E-state index contributed by atoms with van der Waals surface area (Å²) in [6.45, 7) is 3.14. The zero-order valence-corrected chi connectivity index (χ0v) is 11.1. The number of carbonyl (C=O) groups excluding carboxylic acids is 1. The SMILES string of the molecule is CCCOCCCNC(=O)C1(C(F)(F)F)CCNC1. The molecule has 1 unspecified atom stereocenters. The van der Waals surface area contributed by atoms with Crippen molar-refractivity contribution in [3.05, 3.63) is 0 Å². The summed E-state index contributed by atoms with van der Waals surface area (Å²) < 4.78 is 44.2. The van der Waals surface area contributed by atoms with Crippen molar-refractivity contribution in [1.82, 2.24) is 10.6 Å². The number of carbonyl (C=O) groups is 1. The minimum absolute atomic E-state index is 0.200. The van der Waals surface area contributed by atoms with Crippen LogP contribution in [0.1, 0.15) is 26.2 Å². The maximum Gasteiger partial charge on any atom is 0.404 e. The summed E-state index contributed by atoms with van der Waals surface area (Å²) in [6.07, 6.45) is -3.30. The van der Waals surface area contributed by atoms with Crippen LogP contribution in [0, 0.1) is 5.41 Å². The molecule has 0 saturated carbocycles. The van der Waals surface area contributed by atoms with Gasteiger partial charge >= 0.3 is 6.18 Å². The van der Waals surface area contributed by atoms with Crippen LogP contribution in [0.3, 0.4) is 0 Å². The Kier molecular flexibility index (Phi) is 6.06. The minimum Gasteiger partial charge on any atom is -0.381 e. The zero-order chi connectivity index (χ0) is 14.4. The van der Waals surface area contributed by atoms with Gasteiger partial charge < -0.3 is 15.4 Å². The molecule has 1 aliphatic heterocycles. The number of rotatable bonds is 7. The first kappa shape index (κ1) is 16.2. The standard InChI is InChI=1S/C12H21F3N2O2/c1-2-7-19-8-3-5-17-10(18)11(12(13,14)15)4-6-16-9-11/h16H,2-9H2,1H3,(H,17,18). The van der Waals surface area contributed by atoms with Crippen LogP contribution < -0.4 is 10.6 Å². The minimum atomic E-state index is -4.51. The molecule has 4 nitrogen and oxygen atoms in total. The van der Waals surface area contributed by atoms with Gasteiger partial charge in [-0.3, -0.25) is 4.79 Å². The summed E-state index contributed by atoms with van der Waals surface area (Å²) in [5, 5.41) is 4.98. The highest BCUT2D eigenvalue weighted by molar-refractivity contribution is 5.84. The van der Waals surface area contributed by atoms with E-state index in [1.165, 1.54) is 0 Å². The third kappa shape index (κ3) is 4.07. The van der Waals surface area contributed by atoms with E-state index in [1.807, 2.05) is 6.92 Å². The van der Waals surface area contributed by atoms with E-state index in [4.69, 9.17) is 4.74 Å². The van der Waals surface area contributed by atoms with Gasteiger partial charge in [0.1, 0.15) is 0 Å². The number of ether oxygens (including phenoxy) is 1. The Bertz CT molecular complexity index is 289.